The van der Waals surface area contributed by atoms with Gasteiger partial charge in [0.1, 0.15) is 36.1 Å². The summed E-state index contributed by atoms with van der Waals surface area (Å²) >= 11 is 0. The molecular weight excluding hydrogens is 757 g/mol. The van der Waals surface area contributed by atoms with Gasteiger partial charge in [0.25, 0.3) is 0 Å². The van der Waals surface area contributed by atoms with Crippen LogP contribution in [0.3, 0.4) is 0 Å². The molecule has 4 amide bonds. The summed E-state index contributed by atoms with van der Waals surface area (Å²) in [6.07, 6.45) is 1.45. The van der Waals surface area contributed by atoms with Crippen LogP contribution in [0.5, 0.6) is 5.75 Å². The fourth-order valence-electron chi connectivity index (χ4n) is 9.08. The Balaban J connectivity index is 1.05. The van der Waals surface area contributed by atoms with Crippen molar-refractivity contribution in [3.8, 4) is 28.1 Å². The van der Waals surface area contributed by atoms with Crippen molar-refractivity contribution in [3.63, 3.8) is 0 Å². The number of methoxy groups -OCH3 is 1. The fourth-order valence-corrected chi connectivity index (χ4v) is 9.08. The zero-order valence-corrected chi connectivity index (χ0v) is 33.9. The molecule has 16 nitrogen and oxygen atoms in total. The molecule has 0 aliphatic carbocycles. The van der Waals surface area contributed by atoms with E-state index in [1.54, 1.807) is 11.1 Å². The minimum Gasteiger partial charge on any atom is -0.488 e. The van der Waals surface area contributed by atoms with E-state index in [9.17, 15) is 29.4 Å². The Bertz CT molecular complexity index is 2460. The Labute approximate surface area is 340 Å². The summed E-state index contributed by atoms with van der Waals surface area (Å²) in [5.74, 6) is 1.23. The van der Waals surface area contributed by atoms with Crippen LogP contribution < -0.4 is 15.4 Å². The molecule has 3 aliphatic heterocycles. The number of imidazole rings is 2. The smallest absolute Gasteiger partial charge is 0.407 e. The van der Waals surface area contributed by atoms with Crippen LogP contribution in [-0.4, -0.2) is 101 Å². The lowest BCUT2D eigenvalue weighted by Gasteiger charge is -2.32. The van der Waals surface area contributed by atoms with Crippen molar-refractivity contribution >= 4 is 45.8 Å². The number of nitrogens with one attached hydrogen (secondary N) is 4. The molecule has 8 rings (SSSR count). The zero-order chi connectivity index (χ0) is 41.9. The van der Waals surface area contributed by atoms with Crippen molar-refractivity contribution < 1.29 is 38.9 Å². The molecule has 3 aliphatic rings. The summed E-state index contributed by atoms with van der Waals surface area (Å²) in [6.45, 7) is 9.47. The monoisotopic (exact) mass is 806 g/mol. The van der Waals surface area contributed by atoms with Crippen LogP contribution in [0.25, 0.3) is 44.2 Å². The molecule has 6 N–H and O–H groups in total. The predicted molar refractivity (Wildman–Crippen MR) is 218 cm³/mol. The molecule has 310 valence electrons. The van der Waals surface area contributed by atoms with Gasteiger partial charge in [-0.1, -0.05) is 32.0 Å². The highest BCUT2D eigenvalue weighted by Gasteiger charge is 2.43. The third kappa shape index (κ3) is 7.19. The Morgan fingerprint density at radius 1 is 0.864 bits per heavy atom. The Morgan fingerprint density at radius 2 is 1.56 bits per heavy atom. The van der Waals surface area contributed by atoms with Gasteiger partial charge >= 0.3 is 12.2 Å². The van der Waals surface area contributed by atoms with Gasteiger partial charge in [0.2, 0.25) is 11.8 Å². The molecule has 16 heteroatoms. The number of aromatic nitrogens is 4. The van der Waals surface area contributed by atoms with E-state index in [4.69, 9.17) is 19.4 Å². The maximum atomic E-state index is 13.8. The number of H-pyrrole nitrogens is 2. The zero-order valence-electron chi connectivity index (χ0n) is 33.9. The van der Waals surface area contributed by atoms with E-state index in [2.05, 4.69) is 44.9 Å². The van der Waals surface area contributed by atoms with Gasteiger partial charge < -0.3 is 50.1 Å². The van der Waals surface area contributed by atoms with Gasteiger partial charge in [0.05, 0.1) is 48.2 Å². The number of aromatic amines is 2. The van der Waals surface area contributed by atoms with Crippen molar-refractivity contribution in [2.75, 3.05) is 7.11 Å². The molecule has 5 aromatic rings. The molecule has 0 radical (unpaired) electrons. The highest BCUT2D eigenvalue weighted by atomic mass is 16.5. The Kier molecular flexibility index (Phi) is 10.4. The normalized spacial score (nSPS) is 21.5. The molecule has 2 aromatic heterocycles. The van der Waals surface area contributed by atoms with E-state index < -0.39 is 42.3 Å². The summed E-state index contributed by atoms with van der Waals surface area (Å²) in [5, 5.41) is 26.4. The first kappa shape index (κ1) is 39.7. The number of fused-ring (bicyclic) bond motifs is 6. The molecule has 3 aromatic carbocycles. The van der Waals surface area contributed by atoms with Gasteiger partial charge in [-0.15, -0.1) is 0 Å². The maximum absolute atomic E-state index is 13.8. The van der Waals surface area contributed by atoms with Gasteiger partial charge in [-0.2, -0.15) is 0 Å². The summed E-state index contributed by atoms with van der Waals surface area (Å²) in [6, 6.07) is 11.4. The molecule has 2 fully saturated rings. The van der Waals surface area contributed by atoms with E-state index in [0.717, 1.165) is 68.3 Å². The van der Waals surface area contributed by atoms with Gasteiger partial charge in [0, 0.05) is 23.0 Å². The highest BCUT2D eigenvalue weighted by Crippen LogP contribution is 2.44. The number of carbonyl (C=O) groups excluding carboxylic acids is 3. The summed E-state index contributed by atoms with van der Waals surface area (Å²) < 4.78 is 11.2. The van der Waals surface area contributed by atoms with Gasteiger partial charge in [-0.05, 0) is 98.7 Å². The largest absolute Gasteiger partial charge is 0.488 e. The number of carboxylic acid groups (broad SMARTS) is 1. The second-order valence-corrected chi connectivity index (χ2v) is 16.4. The lowest BCUT2D eigenvalue weighted by atomic mass is 9.92. The summed E-state index contributed by atoms with van der Waals surface area (Å²) in [7, 11) is 1.28. The second-order valence-electron chi connectivity index (χ2n) is 16.4. The quantitative estimate of drug-likeness (QED) is 0.0997. The van der Waals surface area contributed by atoms with E-state index >= 15 is 0 Å². The molecule has 2 saturated heterocycles. The number of hydrogen-bond donors (Lipinski definition) is 6. The minimum atomic E-state index is -1.38. The number of alkyl carbamates (subject to hydrolysis) is 1. The number of ether oxygens (including phenoxy) is 2. The van der Waals surface area contributed by atoms with Crippen LogP contribution in [0.15, 0.2) is 48.7 Å². The fraction of sp³-hybridized carbons (Fsp3) is 0.442. The average Bonchev–Trinajstić information content (AvgIpc) is 4.03. The lowest BCUT2D eigenvalue weighted by Crippen LogP contribution is -2.54. The van der Waals surface area contributed by atoms with Crippen molar-refractivity contribution in [3.05, 3.63) is 65.9 Å². The van der Waals surface area contributed by atoms with Gasteiger partial charge in [-0.3, -0.25) is 9.59 Å². The van der Waals surface area contributed by atoms with Gasteiger partial charge in [0.15, 0.2) is 0 Å². The first-order chi connectivity index (χ1) is 28.2. The molecule has 0 spiro atoms. The maximum Gasteiger partial charge on any atom is 0.407 e. The third-order valence-electron chi connectivity index (χ3n) is 12.2. The molecule has 5 heterocycles. The van der Waals surface area contributed by atoms with E-state index in [1.807, 2.05) is 50.8 Å². The number of benzene rings is 3. The molecule has 7 atom stereocenters. The number of nitrogens with zero attached hydrogens (tertiary/aromatic N) is 4. The average molecular weight is 807 g/mol. The number of rotatable bonds is 9. The summed E-state index contributed by atoms with van der Waals surface area (Å²) in [4.78, 5) is 71.1. The van der Waals surface area contributed by atoms with Crippen LogP contribution in [0, 0.1) is 5.92 Å². The third-order valence-corrected chi connectivity index (χ3v) is 12.2. The van der Waals surface area contributed by atoms with E-state index in [1.165, 1.54) is 14.0 Å². The summed E-state index contributed by atoms with van der Waals surface area (Å²) in [5.41, 5.74) is 6.32. The van der Waals surface area contributed by atoms with Crippen LogP contribution in [0.1, 0.15) is 89.6 Å². The van der Waals surface area contributed by atoms with Crippen LogP contribution >= 0.6 is 0 Å². The van der Waals surface area contributed by atoms with E-state index in [-0.39, 0.29) is 30.0 Å². The second kappa shape index (κ2) is 15.5. The van der Waals surface area contributed by atoms with Gasteiger partial charge in [-0.25, -0.2) is 19.6 Å². The number of aliphatic hydroxyl groups excluding tert-OH is 1. The van der Waals surface area contributed by atoms with Crippen LogP contribution in [-0.2, 0) is 20.9 Å². The van der Waals surface area contributed by atoms with Crippen molar-refractivity contribution in [1.82, 2.24) is 40.4 Å². The first-order valence-electron chi connectivity index (χ1n) is 20.2. The molecular formula is C43H50N8O8. The molecule has 0 unspecified atom stereocenters. The number of aliphatic hydroxyl groups is 1. The number of carbonyl (C=O) groups is 4. The first-order valence-corrected chi connectivity index (χ1v) is 20.2. The standard InChI is InChI=1S/C43H50N8O8/c1-20(2)35(49-43(57)58-6)40(53)50-21(3)7-13-32(50)38-44-18-31(46-38)25-9-11-27-26(15-25)19-59-34-17-28-24(16-29(27)34)10-12-30-37(28)47-39(45-30)33-14-8-22(4)51(33)41(54)36(23(5)52)48-42(55)56/h9-12,15-18,20-23,32-33,35-36,48,52H,7-8,13-14,19H2,1-6H3,(H,44,46)(H,45,47)(H,49,57)(H,55,56)/t21-,22-,23+,32-,33-,35-,36-/m0/s1. The lowest BCUT2D eigenvalue weighted by molar-refractivity contribution is -0.139. The van der Waals surface area contributed by atoms with E-state index in [0.29, 0.717) is 31.1 Å². The predicted octanol–water partition coefficient (Wildman–Crippen LogP) is 6.17. The topological polar surface area (TPSA) is 215 Å². The minimum absolute atomic E-state index is 0.0264. The SMILES string of the molecule is COC(=O)N[C@H](C(=O)N1[C@@H](C)CC[C@H]1c1ncc(-c2ccc3c(c2)COc2cc4c(ccc5nc([C@@H]6CC[C@H](C)N6C(=O)[C@@H](NC(=O)O)[C@@H](C)O)[nH]c54)cc2-3)[nH]1)C(C)C. The van der Waals surface area contributed by atoms with Crippen molar-refractivity contribution in [2.24, 2.45) is 5.92 Å². The number of likely N-dealkylation sites (tertiary alicyclic amines) is 2. The number of amides is 4. The number of hydrogen-bond acceptors (Lipinski definition) is 9. The van der Waals surface area contributed by atoms with Crippen molar-refractivity contribution in [1.29, 1.82) is 0 Å². The van der Waals surface area contributed by atoms with Crippen LogP contribution in [0.4, 0.5) is 9.59 Å². The van der Waals surface area contributed by atoms with Crippen LogP contribution in [0.2, 0.25) is 0 Å². The highest BCUT2D eigenvalue weighted by molar-refractivity contribution is 6.07. The molecule has 0 bridgehead atoms. The van der Waals surface area contributed by atoms with Crippen molar-refractivity contribution in [2.45, 2.75) is 109 Å². The molecule has 0 saturated carbocycles. The Hall–Kier alpha value is -6.16. The Morgan fingerprint density at radius 3 is 2.22 bits per heavy atom. The molecule has 59 heavy (non-hydrogen) atoms.